The van der Waals surface area contributed by atoms with Crippen molar-refractivity contribution in [2.24, 2.45) is 5.92 Å². The maximum absolute atomic E-state index is 10.8. The summed E-state index contributed by atoms with van der Waals surface area (Å²) < 4.78 is 11.1. The molecule has 0 aliphatic carbocycles. The second-order valence-corrected chi connectivity index (χ2v) is 4.51. The normalized spacial score (nSPS) is 12.0. The zero-order chi connectivity index (χ0) is 13.0. The topological polar surface area (TPSA) is 55.8 Å². The highest BCUT2D eigenvalue weighted by molar-refractivity contribution is 9.10. The third-order valence-corrected chi connectivity index (χ3v) is 3.27. The van der Waals surface area contributed by atoms with Gasteiger partial charge in [-0.05, 0) is 34.0 Å². The molecular weight excluding hydrogens is 288 g/mol. The Balaban J connectivity index is 3.08. The fraction of sp³-hybridized carbons (Fsp3) is 0.417. The van der Waals surface area contributed by atoms with Crippen LogP contribution < -0.4 is 9.47 Å². The number of carboxylic acids is 1. The summed E-state index contributed by atoms with van der Waals surface area (Å²) in [6.45, 7) is 1.67. The predicted molar refractivity (Wildman–Crippen MR) is 67.7 cm³/mol. The molecule has 0 amide bonds. The van der Waals surface area contributed by atoms with Crippen molar-refractivity contribution in [3.63, 3.8) is 0 Å². The van der Waals surface area contributed by atoms with E-state index < -0.39 is 11.9 Å². The van der Waals surface area contributed by atoms with Crippen LogP contribution in [-0.4, -0.2) is 25.3 Å². The van der Waals surface area contributed by atoms with Crippen molar-refractivity contribution in [1.29, 1.82) is 0 Å². The molecule has 0 radical (unpaired) electrons. The maximum atomic E-state index is 10.8. The third kappa shape index (κ3) is 3.12. The fourth-order valence-electron chi connectivity index (χ4n) is 1.53. The summed E-state index contributed by atoms with van der Waals surface area (Å²) in [5.41, 5.74) is 0.843. The number of halogens is 1. The van der Waals surface area contributed by atoms with Gasteiger partial charge in [0.25, 0.3) is 0 Å². The van der Waals surface area contributed by atoms with Crippen molar-refractivity contribution in [3.05, 3.63) is 22.2 Å². The third-order valence-electron chi connectivity index (χ3n) is 2.51. The number of benzene rings is 1. The first-order valence-corrected chi connectivity index (χ1v) is 5.92. The van der Waals surface area contributed by atoms with Crippen LogP contribution >= 0.6 is 15.9 Å². The minimum absolute atomic E-state index is 0.418. The lowest BCUT2D eigenvalue weighted by atomic mass is 10.0. The highest BCUT2D eigenvalue weighted by atomic mass is 79.9. The molecule has 1 N–H and O–H groups in total. The molecule has 0 heterocycles. The molecule has 0 aliphatic heterocycles. The van der Waals surface area contributed by atoms with Gasteiger partial charge in [-0.25, -0.2) is 0 Å². The molecule has 0 fully saturated rings. The second-order valence-electron chi connectivity index (χ2n) is 3.72. The number of methoxy groups -OCH3 is 2. The molecule has 0 bridgehead atoms. The summed E-state index contributed by atoms with van der Waals surface area (Å²) in [5, 5.41) is 8.90. The molecule has 0 saturated carbocycles. The first-order valence-electron chi connectivity index (χ1n) is 5.13. The zero-order valence-electron chi connectivity index (χ0n) is 9.99. The summed E-state index contributed by atoms with van der Waals surface area (Å²) in [5.74, 6) is 0.00853. The van der Waals surface area contributed by atoms with Crippen LogP contribution in [0.1, 0.15) is 12.5 Å². The molecule has 0 spiro atoms. The summed E-state index contributed by atoms with van der Waals surface area (Å²) >= 11 is 3.38. The van der Waals surface area contributed by atoms with Gasteiger partial charge in [-0.2, -0.15) is 0 Å². The Hall–Kier alpha value is -1.23. The number of carboxylic acid groups (broad SMARTS) is 1. The van der Waals surface area contributed by atoms with Gasteiger partial charge in [-0.1, -0.05) is 13.0 Å². The van der Waals surface area contributed by atoms with E-state index in [1.54, 1.807) is 27.2 Å². The molecule has 0 aliphatic rings. The lowest BCUT2D eigenvalue weighted by molar-refractivity contribution is -0.141. The smallest absolute Gasteiger partial charge is 0.306 e. The fourth-order valence-corrected chi connectivity index (χ4v) is 2.24. The molecule has 1 rings (SSSR count). The molecular formula is C12H15BrO4. The van der Waals surface area contributed by atoms with Gasteiger partial charge >= 0.3 is 5.97 Å². The molecule has 0 aromatic heterocycles. The molecule has 94 valence electrons. The molecule has 1 aromatic rings. The number of carbonyl (C=O) groups is 1. The SMILES string of the molecule is COc1ccc(CC(C)C(=O)O)c(OC)c1Br. The van der Waals surface area contributed by atoms with Crippen molar-refractivity contribution >= 4 is 21.9 Å². The van der Waals surface area contributed by atoms with Crippen molar-refractivity contribution < 1.29 is 19.4 Å². The van der Waals surface area contributed by atoms with Gasteiger partial charge in [0.15, 0.2) is 0 Å². The van der Waals surface area contributed by atoms with Crippen molar-refractivity contribution in [2.75, 3.05) is 14.2 Å². The maximum Gasteiger partial charge on any atom is 0.306 e. The minimum Gasteiger partial charge on any atom is -0.495 e. The monoisotopic (exact) mass is 302 g/mol. The summed E-state index contributed by atoms with van der Waals surface area (Å²) in [7, 11) is 3.12. The minimum atomic E-state index is -0.820. The van der Waals surface area contributed by atoms with E-state index in [0.717, 1.165) is 5.56 Å². The van der Waals surface area contributed by atoms with Gasteiger partial charge in [-0.15, -0.1) is 0 Å². The zero-order valence-corrected chi connectivity index (χ0v) is 11.6. The van der Waals surface area contributed by atoms with Crippen LogP contribution in [0.2, 0.25) is 0 Å². The van der Waals surface area contributed by atoms with E-state index in [1.807, 2.05) is 6.07 Å². The molecule has 1 aromatic carbocycles. The van der Waals surface area contributed by atoms with Crippen LogP contribution in [0.3, 0.4) is 0 Å². The summed E-state index contributed by atoms with van der Waals surface area (Å²) in [6.07, 6.45) is 0.418. The number of ether oxygens (including phenoxy) is 2. The Bertz CT molecular complexity index is 417. The highest BCUT2D eigenvalue weighted by Crippen LogP contribution is 2.37. The highest BCUT2D eigenvalue weighted by Gasteiger charge is 2.18. The van der Waals surface area contributed by atoms with E-state index in [1.165, 1.54) is 0 Å². The first kappa shape index (κ1) is 13.8. The summed E-state index contributed by atoms with van der Waals surface area (Å²) in [6, 6.07) is 3.61. The molecule has 1 unspecified atom stereocenters. The van der Waals surface area contributed by atoms with Crippen LogP contribution in [0.15, 0.2) is 16.6 Å². The van der Waals surface area contributed by atoms with Gasteiger partial charge in [0.2, 0.25) is 0 Å². The van der Waals surface area contributed by atoms with Crippen molar-refractivity contribution in [1.82, 2.24) is 0 Å². The Morgan fingerprint density at radius 1 is 1.41 bits per heavy atom. The average Bonchev–Trinajstić information content (AvgIpc) is 2.29. The Labute approximate surface area is 109 Å². The molecule has 5 heteroatoms. The molecule has 4 nitrogen and oxygen atoms in total. The van der Waals surface area contributed by atoms with Crippen LogP contribution in [0.4, 0.5) is 0 Å². The van der Waals surface area contributed by atoms with E-state index in [-0.39, 0.29) is 0 Å². The number of rotatable bonds is 5. The lowest BCUT2D eigenvalue weighted by Crippen LogP contribution is -2.13. The second kappa shape index (κ2) is 5.91. The van der Waals surface area contributed by atoms with E-state index in [2.05, 4.69) is 15.9 Å². The number of aliphatic carboxylic acids is 1. The Morgan fingerprint density at radius 2 is 2.06 bits per heavy atom. The van der Waals surface area contributed by atoms with Gasteiger partial charge in [0.1, 0.15) is 16.0 Å². The first-order chi connectivity index (χ1) is 8.01. The molecule has 0 saturated heterocycles. The Kier molecular flexibility index (Phi) is 4.81. The van der Waals surface area contributed by atoms with Crippen LogP contribution in [0, 0.1) is 5.92 Å². The number of hydrogen-bond acceptors (Lipinski definition) is 3. The Morgan fingerprint density at radius 3 is 2.53 bits per heavy atom. The molecule has 1 atom stereocenters. The van der Waals surface area contributed by atoms with Gasteiger partial charge in [0.05, 0.1) is 20.1 Å². The van der Waals surface area contributed by atoms with Crippen LogP contribution in [0.25, 0.3) is 0 Å². The van der Waals surface area contributed by atoms with E-state index in [0.29, 0.717) is 22.4 Å². The van der Waals surface area contributed by atoms with Crippen LogP contribution in [0.5, 0.6) is 11.5 Å². The lowest BCUT2D eigenvalue weighted by Gasteiger charge is -2.14. The standard InChI is InChI=1S/C12H15BrO4/c1-7(12(14)15)6-8-4-5-9(16-2)10(13)11(8)17-3/h4-5,7H,6H2,1-3H3,(H,14,15). The van der Waals surface area contributed by atoms with Gasteiger partial charge in [-0.3, -0.25) is 4.79 Å². The quantitative estimate of drug-likeness (QED) is 0.908. The van der Waals surface area contributed by atoms with Crippen molar-refractivity contribution in [2.45, 2.75) is 13.3 Å². The summed E-state index contributed by atoms with van der Waals surface area (Å²) in [4.78, 5) is 10.8. The van der Waals surface area contributed by atoms with E-state index in [4.69, 9.17) is 14.6 Å². The van der Waals surface area contributed by atoms with E-state index in [9.17, 15) is 4.79 Å². The van der Waals surface area contributed by atoms with Crippen LogP contribution in [-0.2, 0) is 11.2 Å². The van der Waals surface area contributed by atoms with Gasteiger partial charge in [0, 0.05) is 0 Å². The van der Waals surface area contributed by atoms with Crippen molar-refractivity contribution in [3.8, 4) is 11.5 Å². The van der Waals surface area contributed by atoms with Gasteiger partial charge < -0.3 is 14.6 Å². The number of hydrogen-bond donors (Lipinski definition) is 1. The largest absolute Gasteiger partial charge is 0.495 e. The molecule has 17 heavy (non-hydrogen) atoms. The van der Waals surface area contributed by atoms with E-state index >= 15 is 0 Å². The predicted octanol–water partition coefficient (Wildman–Crippen LogP) is 2.73. The average molecular weight is 303 g/mol.